The summed E-state index contributed by atoms with van der Waals surface area (Å²) in [4.78, 5) is 0.403. The fourth-order valence-electron chi connectivity index (χ4n) is 3.38. The van der Waals surface area contributed by atoms with E-state index in [4.69, 9.17) is 5.73 Å². The molecule has 1 aromatic carbocycles. The van der Waals surface area contributed by atoms with E-state index < -0.39 is 15.3 Å². The Bertz CT molecular complexity index is 577. The van der Waals surface area contributed by atoms with Gasteiger partial charge in [-0.25, -0.2) is 8.42 Å². The van der Waals surface area contributed by atoms with Gasteiger partial charge in [-0.3, -0.25) is 0 Å². The lowest BCUT2D eigenvalue weighted by atomic mass is 9.69. The van der Waals surface area contributed by atoms with Crippen LogP contribution >= 0.6 is 0 Å². The van der Waals surface area contributed by atoms with Crippen LogP contribution in [0.3, 0.4) is 0 Å². The molecular formula is C15H23NO3S. The Kier molecular flexibility index (Phi) is 4.23. The second-order valence-electron chi connectivity index (χ2n) is 6.19. The Morgan fingerprint density at radius 3 is 2.60 bits per heavy atom. The van der Waals surface area contributed by atoms with Crippen LogP contribution in [0.15, 0.2) is 29.2 Å². The summed E-state index contributed by atoms with van der Waals surface area (Å²) in [7, 11) is -3.26. The van der Waals surface area contributed by atoms with Crippen molar-refractivity contribution < 1.29 is 13.5 Å². The maximum absolute atomic E-state index is 12.3. The van der Waals surface area contributed by atoms with Crippen molar-refractivity contribution in [2.45, 2.75) is 31.1 Å². The third-order valence-corrected chi connectivity index (χ3v) is 6.11. The van der Waals surface area contributed by atoms with Crippen LogP contribution in [0.4, 0.5) is 0 Å². The highest BCUT2D eigenvalue weighted by atomic mass is 32.2. The Morgan fingerprint density at radius 1 is 1.40 bits per heavy atom. The predicted molar refractivity (Wildman–Crippen MR) is 79.3 cm³/mol. The summed E-state index contributed by atoms with van der Waals surface area (Å²) in [5.74, 6) is 0.180. The lowest BCUT2D eigenvalue weighted by molar-refractivity contribution is 0.0861. The minimum atomic E-state index is -3.26. The fraction of sp³-hybridized carbons (Fsp3) is 0.600. The van der Waals surface area contributed by atoms with Crippen molar-refractivity contribution in [3.05, 3.63) is 29.8 Å². The molecule has 1 aliphatic heterocycles. The first-order chi connectivity index (χ1) is 9.36. The Labute approximate surface area is 120 Å². The zero-order valence-electron chi connectivity index (χ0n) is 12.0. The summed E-state index contributed by atoms with van der Waals surface area (Å²) in [6.07, 6.45) is 0.717. The maximum atomic E-state index is 12.3. The molecule has 0 saturated carbocycles. The summed E-state index contributed by atoms with van der Waals surface area (Å²) in [5, 5.41) is 9.91. The van der Waals surface area contributed by atoms with Crippen LogP contribution in [0, 0.1) is 11.3 Å². The molecular weight excluding hydrogens is 274 g/mol. The minimum absolute atomic E-state index is 0.0524. The van der Waals surface area contributed by atoms with Crippen molar-refractivity contribution in [2.75, 3.05) is 18.9 Å². The maximum Gasteiger partial charge on any atom is 0.179 e. The van der Waals surface area contributed by atoms with E-state index in [9.17, 15) is 13.5 Å². The van der Waals surface area contributed by atoms with Crippen molar-refractivity contribution >= 4 is 9.84 Å². The fourth-order valence-corrected chi connectivity index (χ4v) is 5.38. The summed E-state index contributed by atoms with van der Waals surface area (Å²) in [6.45, 7) is 4.33. The van der Waals surface area contributed by atoms with E-state index in [0.717, 1.165) is 5.56 Å². The SMILES string of the molecule is CC(C)CC(CN)(CO)C1CS(=O)(=O)c2ccccc21. The molecule has 0 fully saturated rings. The minimum Gasteiger partial charge on any atom is -0.396 e. The van der Waals surface area contributed by atoms with Crippen molar-refractivity contribution in [3.63, 3.8) is 0 Å². The van der Waals surface area contributed by atoms with Gasteiger partial charge in [-0.1, -0.05) is 32.0 Å². The summed E-state index contributed by atoms with van der Waals surface area (Å²) < 4.78 is 24.6. The molecule has 0 aromatic heterocycles. The average molecular weight is 297 g/mol. The van der Waals surface area contributed by atoms with E-state index in [-0.39, 0.29) is 24.8 Å². The second-order valence-corrected chi connectivity index (χ2v) is 8.20. The Hall–Kier alpha value is -0.910. The third-order valence-electron chi connectivity index (χ3n) is 4.29. The van der Waals surface area contributed by atoms with Crippen LogP contribution in [0.5, 0.6) is 0 Å². The van der Waals surface area contributed by atoms with Crippen LogP contribution in [-0.2, 0) is 9.84 Å². The van der Waals surface area contributed by atoms with E-state index in [1.165, 1.54) is 0 Å². The van der Waals surface area contributed by atoms with E-state index in [1.807, 2.05) is 12.1 Å². The van der Waals surface area contributed by atoms with Crippen molar-refractivity contribution in [1.82, 2.24) is 0 Å². The number of nitrogens with two attached hydrogens (primary N) is 1. The molecule has 1 aromatic rings. The van der Waals surface area contributed by atoms with Crippen molar-refractivity contribution in [2.24, 2.45) is 17.1 Å². The summed E-state index contributed by atoms with van der Waals surface area (Å²) >= 11 is 0. The molecule has 20 heavy (non-hydrogen) atoms. The van der Waals surface area contributed by atoms with E-state index in [0.29, 0.717) is 17.2 Å². The number of benzene rings is 1. The van der Waals surface area contributed by atoms with Gasteiger partial charge in [-0.2, -0.15) is 0 Å². The topological polar surface area (TPSA) is 80.4 Å². The largest absolute Gasteiger partial charge is 0.396 e. The number of fused-ring (bicyclic) bond motifs is 1. The van der Waals surface area contributed by atoms with Gasteiger partial charge in [0.2, 0.25) is 0 Å². The Morgan fingerprint density at radius 2 is 2.05 bits per heavy atom. The lowest BCUT2D eigenvalue weighted by Crippen LogP contribution is -2.42. The lowest BCUT2D eigenvalue weighted by Gasteiger charge is -2.38. The molecule has 4 nitrogen and oxygen atoms in total. The number of hydrogen-bond acceptors (Lipinski definition) is 4. The van der Waals surface area contributed by atoms with Crippen molar-refractivity contribution in [3.8, 4) is 0 Å². The van der Waals surface area contributed by atoms with E-state index in [2.05, 4.69) is 13.8 Å². The predicted octanol–water partition coefficient (Wildman–Crippen LogP) is 1.54. The summed E-state index contributed by atoms with van der Waals surface area (Å²) in [6, 6.07) is 7.09. The monoisotopic (exact) mass is 297 g/mol. The molecule has 1 aliphatic rings. The van der Waals surface area contributed by atoms with E-state index in [1.54, 1.807) is 12.1 Å². The smallest absolute Gasteiger partial charge is 0.179 e. The Balaban J connectivity index is 2.52. The molecule has 2 atom stereocenters. The molecule has 0 saturated heterocycles. The quantitative estimate of drug-likeness (QED) is 0.864. The zero-order chi connectivity index (χ0) is 15.0. The first-order valence-corrected chi connectivity index (χ1v) is 8.64. The number of aliphatic hydroxyl groups is 1. The van der Waals surface area contributed by atoms with Crippen LogP contribution < -0.4 is 5.73 Å². The summed E-state index contributed by atoms with van der Waals surface area (Å²) in [5.41, 5.74) is 6.19. The molecule has 0 amide bonds. The van der Waals surface area contributed by atoms with E-state index >= 15 is 0 Å². The molecule has 3 N–H and O–H groups in total. The third kappa shape index (κ3) is 2.50. The van der Waals surface area contributed by atoms with Gasteiger partial charge in [-0.15, -0.1) is 0 Å². The standard InChI is InChI=1S/C15H23NO3S/c1-11(2)7-15(9-16,10-17)13-8-20(18,19)14-6-4-3-5-12(13)14/h3-6,11,13,17H,7-10,16H2,1-2H3. The molecule has 112 valence electrons. The van der Waals surface area contributed by atoms with Crippen LogP contribution in [0.2, 0.25) is 0 Å². The number of rotatable bonds is 5. The van der Waals surface area contributed by atoms with Gasteiger partial charge in [0.25, 0.3) is 0 Å². The first-order valence-electron chi connectivity index (χ1n) is 6.99. The first kappa shape index (κ1) is 15.5. The number of aliphatic hydroxyl groups excluding tert-OH is 1. The molecule has 0 bridgehead atoms. The van der Waals surface area contributed by atoms with Crippen molar-refractivity contribution in [1.29, 1.82) is 0 Å². The van der Waals surface area contributed by atoms with Gasteiger partial charge < -0.3 is 10.8 Å². The molecule has 0 spiro atoms. The van der Waals surface area contributed by atoms with Crippen LogP contribution in [0.1, 0.15) is 31.7 Å². The molecule has 0 radical (unpaired) electrons. The number of sulfone groups is 1. The van der Waals surface area contributed by atoms with Gasteiger partial charge in [-0.05, 0) is 24.0 Å². The van der Waals surface area contributed by atoms with Gasteiger partial charge in [0.1, 0.15) is 0 Å². The van der Waals surface area contributed by atoms with Gasteiger partial charge >= 0.3 is 0 Å². The average Bonchev–Trinajstić information content (AvgIpc) is 2.69. The highest BCUT2D eigenvalue weighted by Crippen LogP contribution is 2.47. The normalized spacial score (nSPS) is 23.6. The van der Waals surface area contributed by atoms with Crippen LogP contribution in [-0.4, -0.2) is 32.4 Å². The highest BCUT2D eigenvalue weighted by molar-refractivity contribution is 7.91. The molecule has 1 heterocycles. The van der Waals surface area contributed by atoms with Gasteiger partial charge in [0.15, 0.2) is 9.84 Å². The number of hydrogen-bond donors (Lipinski definition) is 2. The zero-order valence-corrected chi connectivity index (χ0v) is 12.9. The molecule has 2 unspecified atom stereocenters. The second kappa shape index (κ2) is 5.47. The van der Waals surface area contributed by atoms with Crippen LogP contribution in [0.25, 0.3) is 0 Å². The molecule has 0 aliphatic carbocycles. The van der Waals surface area contributed by atoms with Gasteiger partial charge in [0, 0.05) is 17.9 Å². The van der Waals surface area contributed by atoms with Gasteiger partial charge in [0.05, 0.1) is 17.3 Å². The highest BCUT2D eigenvalue weighted by Gasteiger charge is 2.46. The molecule has 5 heteroatoms. The molecule has 2 rings (SSSR count).